The third-order valence-corrected chi connectivity index (χ3v) is 4.81. The summed E-state index contributed by atoms with van der Waals surface area (Å²) in [6.45, 7) is 3.09. The smallest absolute Gasteiger partial charge is 0.205 e. The van der Waals surface area contributed by atoms with Crippen LogP contribution in [-0.2, 0) is 16.3 Å². The van der Waals surface area contributed by atoms with E-state index < -0.39 is 9.84 Å². The lowest BCUT2D eigenvalue weighted by molar-refractivity contribution is 0.586. The Labute approximate surface area is 93.2 Å². The van der Waals surface area contributed by atoms with Crippen molar-refractivity contribution in [1.82, 2.24) is 9.36 Å². The maximum atomic E-state index is 11.2. The number of anilines is 1. The minimum absolute atomic E-state index is 0.230. The normalized spacial score (nSPS) is 20.5. The van der Waals surface area contributed by atoms with Gasteiger partial charge in [0.25, 0.3) is 0 Å². The highest BCUT2D eigenvalue weighted by Gasteiger charge is 2.23. The summed E-state index contributed by atoms with van der Waals surface area (Å²) < 4.78 is 26.6. The molecule has 7 heteroatoms. The van der Waals surface area contributed by atoms with Crippen molar-refractivity contribution in [2.75, 3.05) is 29.5 Å². The van der Waals surface area contributed by atoms with Crippen molar-refractivity contribution >= 4 is 26.5 Å². The molecule has 0 amide bonds. The number of sulfone groups is 1. The molecule has 15 heavy (non-hydrogen) atoms. The van der Waals surface area contributed by atoms with Gasteiger partial charge in [-0.3, -0.25) is 0 Å². The van der Waals surface area contributed by atoms with Crippen LogP contribution in [0.3, 0.4) is 0 Å². The van der Waals surface area contributed by atoms with E-state index in [2.05, 4.69) is 9.36 Å². The monoisotopic (exact) mass is 247 g/mol. The van der Waals surface area contributed by atoms with Crippen LogP contribution in [0.15, 0.2) is 0 Å². The molecule has 1 saturated heterocycles. The molecule has 0 radical (unpaired) electrons. The van der Waals surface area contributed by atoms with E-state index in [9.17, 15) is 8.42 Å². The summed E-state index contributed by atoms with van der Waals surface area (Å²) >= 11 is 1.35. The van der Waals surface area contributed by atoms with Crippen LogP contribution in [-0.4, -0.2) is 42.4 Å². The number of hydrogen-bond acceptors (Lipinski definition) is 6. The van der Waals surface area contributed by atoms with Gasteiger partial charge in [0.05, 0.1) is 11.5 Å². The fraction of sp³-hybridized carbons (Fsp3) is 0.750. The van der Waals surface area contributed by atoms with Crippen LogP contribution in [0.5, 0.6) is 0 Å². The first-order valence-electron chi connectivity index (χ1n) is 4.88. The van der Waals surface area contributed by atoms with Gasteiger partial charge in [0.1, 0.15) is 5.82 Å². The van der Waals surface area contributed by atoms with Crippen molar-refractivity contribution in [2.45, 2.75) is 13.3 Å². The van der Waals surface area contributed by atoms with E-state index >= 15 is 0 Å². The van der Waals surface area contributed by atoms with Crippen molar-refractivity contribution in [3.05, 3.63) is 5.82 Å². The molecular formula is C8H13N3O2S2. The van der Waals surface area contributed by atoms with E-state index in [0.717, 1.165) is 17.4 Å². The van der Waals surface area contributed by atoms with Crippen LogP contribution in [0.1, 0.15) is 12.7 Å². The van der Waals surface area contributed by atoms with Crippen LogP contribution in [0.4, 0.5) is 5.13 Å². The largest absolute Gasteiger partial charge is 0.345 e. The SMILES string of the molecule is CCc1nsc(N2CCS(=O)(=O)CC2)n1. The Morgan fingerprint density at radius 2 is 2.07 bits per heavy atom. The topological polar surface area (TPSA) is 63.2 Å². The van der Waals surface area contributed by atoms with Crippen LogP contribution in [0, 0.1) is 0 Å². The summed E-state index contributed by atoms with van der Waals surface area (Å²) in [4.78, 5) is 6.34. The molecule has 0 atom stereocenters. The maximum absolute atomic E-state index is 11.2. The first-order valence-corrected chi connectivity index (χ1v) is 7.48. The molecule has 2 heterocycles. The predicted molar refractivity (Wildman–Crippen MR) is 60.2 cm³/mol. The van der Waals surface area contributed by atoms with Crippen molar-refractivity contribution in [2.24, 2.45) is 0 Å². The molecule has 0 N–H and O–H groups in total. The van der Waals surface area contributed by atoms with Crippen molar-refractivity contribution in [3.8, 4) is 0 Å². The standard InChI is InChI=1S/C8H13N3O2S2/c1-2-7-9-8(14-10-7)11-3-5-15(12,13)6-4-11/h2-6H2,1H3. The van der Waals surface area contributed by atoms with E-state index in [1.807, 2.05) is 11.8 Å². The van der Waals surface area contributed by atoms with Gasteiger partial charge in [-0.15, -0.1) is 0 Å². The Morgan fingerprint density at radius 1 is 1.40 bits per heavy atom. The number of aromatic nitrogens is 2. The summed E-state index contributed by atoms with van der Waals surface area (Å²) in [5, 5.41) is 0.849. The fourth-order valence-corrected chi connectivity index (χ4v) is 3.42. The summed E-state index contributed by atoms with van der Waals surface area (Å²) in [6, 6.07) is 0. The molecular weight excluding hydrogens is 234 g/mol. The maximum Gasteiger partial charge on any atom is 0.205 e. The summed E-state index contributed by atoms with van der Waals surface area (Å²) in [7, 11) is -2.81. The van der Waals surface area contributed by atoms with Gasteiger partial charge in [-0.05, 0) is 0 Å². The quantitative estimate of drug-likeness (QED) is 0.754. The van der Waals surface area contributed by atoms with Crippen LogP contribution in [0.2, 0.25) is 0 Å². The van der Waals surface area contributed by atoms with Crippen LogP contribution >= 0.6 is 11.5 Å². The molecule has 2 rings (SSSR count). The third kappa shape index (κ3) is 2.46. The summed E-state index contributed by atoms with van der Waals surface area (Å²) in [6.07, 6.45) is 0.822. The second-order valence-electron chi connectivity index (χ2n) is 3.49. The highest BCUT2D eigenvalue weighted by molar-refractivity contribution is 7.91. The minimum Gasteiger partial charge on any atom is -0.345 e. The van der Waals surface area contributed by atoms with Gasteiger partial charge >= 0.3 is 0 Å². The van der Waals surface area contributed by atoms with Crippen molar-refractivity contribution in [1.29, 1.82) is 0 Å². The second kappa shape index (κ2) is 4.05. The zero-order chi connectivity index (χ0) is 10.9. The predicted octanol–water partition coefficient (Wildman–Crippen LogP) is 0.335. The highest BCUT2D eigenvalue weighted by Crippen LogP contribution is 2.19. The van der Waals surface area contributed by atoms with E-state index in [1.54, 1.807) is 0 Å². The molecule has 1 aromatic rings. The van der Waals surface area contributed by atoms with Gasteiger partial charge < -0.3 is 4.90 Å². The van der Waals surface area contributed by atoms with Gasteiger partial charge in [-0.1, -0.05) is 6.92 Å². The van der Waals surface area contributed by atoms with E-state index in [1.165, 1.54) is 11.5 Å². The van der Waals surface area contributed by atoms with Gasteiger partial charge in [0.2, 0.25) is 5.13 Å². The summed E-state index contributed by atoms with van der Waals surface area (Å²) in [5.74, 6) is 1.30. The van der Waals surface area contributed by atoms with Crippen molar-refractivity contribution in [3.63, 3.8) is 0 Å². The van der Waals surface area contributed by atoms with Gasteiger partial charge in [-0.2, -0.15) is 4.37 Å². The molecule has 0 spiro atoms. The van der Waals surface area contributed by atoms with E-state index in [4.69, 9.17) is 0 Å². The lowest BCUT2D eigenvalue weighted by atomic mass is 10.5. The zero-order valence-electron chi connectivity index (χ0n) is 8.51. The van der Waals surface area contributed by atoms with E-state index in [0.29, 0.717) is 13.1 Å². The Balaban J connectivity index is 2.07. The molecule has 5 nitrogen and oxygen atoms in total. The molecule has 1 aliphatic heterocycles. The van der Waals surface area contributed by atoms with Crippen molar-refractivity contribution < 1.29 is 8.42 Å². The molecule has 0 saturated carbocycles. The Kier molecular flexibility index (Phi) is 2.92. The number of nitrogens with zero attached hydrogens (tertiary/aromatic N) is 3. The van der Waals surface area contributed by atoms with Crippen LogP contribution in [0.25, 0.3) is 0 Å². The number of aryl methyl sites for hydroxylation is 1. The molecule has 0 aromatic carbocycles. The average molecular weight is 247 g/mol. The third-order valence-electron chi connectivity index (χ3n) is 2.39. The number of rotatable bonds is 2. The van der Waals surface area contributed by atoms with Gasteiger partial charge in [0, 0.05) is 31.0 Å². The summed E-state index contributed by atoms with van der Waals surface area (Å²) in [5.41, 5.74) is 0. The minimum atomic E-state index is -2.81. The van der Waals surface area contributed by atoms with E-state index in [-0.39, 0.29) is 11.5 Å². The first kappa shape index (κ1) is 10.8. The molecule has 0 bridgehead atoms. The Bertz CT molecular complexity index is 426. The lowest BCUT2D eigenvalue weighted by Gasteiger charge is -2.25. The van der Waals surface area contributed by atoms with Gasteiger partial charge in [-0.25, -0.2) is 13.4 Å². The fourth-order valence-electron chi connectivity index (χ4n) is 1.42. The molecule has 1 aromatic heterocycles. The molecule has 84 valence electrons. The first-order chi connectivity index (χ1) is 7.11. The van der Waals surface area contributed by atoms with Gasteiger partial charge in [0.15, 0.2) is 9.84 Å². The Hall–Kier alpha value is -0.690. The average Bonchev–Trinajstić information content (AvgIpc) is 2.66. The molecule has 1 aliphatic rings. The zero-order valence-corrected chi connectivity index (χ0v) is 10.1. The molecule has 1 fully saturated rings. The Morgan fingerprint density at radius 3 is 2.60 bits per heavy atom. The highest BCUT2D eigenvalue weighted by atomic mass is 32.2. The number of hydrogen-bond donors (Lipinski definition) is 0. The molecule has 0 aliphatic carbocycles. The van der Waals surface area contributed by atoms with Crippen LogP contribution < -0.4 is 4.90 Å². The second-order valence-corrected chi connectivity index (χ2v) is 6.52. The molecule has 0 unspecified atom stereocenters. The lowest BCUT2D eigenvalue weighted by Crippen LogP contribution is -2.40.